The van der Waals surface area contributed by atoms with Gasteiger partial charge in [-0.1, -0.05) is 25.0 Å². The molecule has 0 aliphatic heterocycles. The van der Waals surface area contributed by atoms with E-state index in [0.29, 0.717) is 23.2 Å². The molecular weight excluding hydrogens is 338 g/mol. The third-order valence-electron chi connectivity index (χ3n) is 4.25. The molecule has 3 rings (SSSR count). The fourth-order valence-electron chi connectivity index (χ4n) is 3.12. The summed E-state index contributed by atoms with van der Waals surface area (Å²) in [6.45, 7) is 0. The smallest absolute Gasteiger partial charge is 0.313 e. The molecule has 0 atom stereocenters. The van der Waals surface area contributed by atoms with Gasteiger partial charge in [-0.2, -0.15) is 5.10 Å². The summed E-state index contributed by atoms with van der Waals surface area (Å²) < 4.78 is 1.84. The first kappa shape index (κ1) is 17.5. The zero-order chi connectivity index (χ0) is 17.6. The Morgan fingerprint density at radius 3 is 2.84 bits per heavy atom. The number of anilines is 1. The van der Waals surface area contributed by atoms with Crippen LogP contribution in [0.1, 0.15) is 47.8 Å². The van der Waals surface area contributed by atoms with Crippen LogP contribution in [0.2, 0.25) is 0 Å². The van der Waals surface area contributed by atoms with Crippen molar-refractivity contribution in [2.45, 2.75) is 37.5 Å². The quantitative estimate of drug-likeness (QED) is 0.789. The number of rotatable bonds is 7. The molecule has 2 N–H and O–H groups in total. The molecular formula is C18H21N3O3S. The van der Waals surface area contributed by atoms with Gasteiger partial charge in [0.15, 0.2) is 0 Å². The Bertz CT molecular complexity index is 754. The number of carbonyl (C=O) groups is 2. The van der Waals surface area contributed by atoms with E-state index in [1.54, 1.807) is 12.3 Å². The summed E-state index contributed by atoms with van der Waals surface area (Å²) in [5, 5.41) is 16.0. The summed E-state index contributed by atoms with van der Waals surface area (Å²) in [6.07, 6.45) is 6.17. The van der Waals surface area contributed by atoms with E-state index in [4.69, 9.17) is 5.11 Å². The van der Waals surface area contributed by atoms with Crippen molar-refractivity contribution in [1.82, 2.24) is 9.78 Å². The third kappa shape index (κ3) is 4.63. The molecule has 1 saturated carbocycles. The van der Waals surface area contributed by atoms with Crippen LogP contribution in [0, 0.1) is 0 Å². The number of hydrogen-bond acceptors (Lipinski definition) is 4. The number of aromatic nitrogens is 2. The van der Waals surface area contributed by atoms with Crippen molar-refractivity contribution < 1.29 is 14.7 Å². The predicted octanol–water partition coefficient (Wildman–Crippen LogP) is 3.57. The Morgan fingerprint density at radius 1 is 1.28 bits per heavy atom. The lowest BCUT2D eigenvalue weighted by Gasteiger charge is -2.14. The minimum Gasteiger partial charge on any atom is -0.481 e. The molecule has 132 valence electrons. The number of carboxylic acid groups (broad SMARTS) is 1. The second-order valence-electron chi connectivity index (χ2n) is 6.14. The number of hydrogen-bond donors (Lipinski definition) is 2. The minimum atomic E-state index is -0.824. The van der Waals surface area contributed by atoms with Crippen LogP contribution in [0.4, 0.5) is 5.69 Å². The van der Waals surface area contributed by atoms with E-state index in [2.05, 4.69) is 10.4 Å². The maximum Gasteiger partial charge on any atom is 0.313 e. The molecule has 2 aromatic rings. The number of carbonyl (C=O) groups excluding carboxylic acids is 1. The average molecular weight is 359 g/mol. The van der Waals surface area contributed by atoms with Crippen LogP contribution in [0.15, 0.2) is 36.5 Å². The van der Waals surface area contributed by atoms with Gasteiger partial charge in [-0.25, -0.2) is 0 Å². The lowest BCUT2D eigenvalue weighted by Crippen LogP contribution is -2.20. The number of benzene rings is 1. The Labute approximate surface area is 150 Å². The SMILES string of the molecule is O=C(O)CSCc1cccc(NC(=O)c2ccnn2C2CCCC2)c1. The van der Waals surface area contributed by atoms with Crippen LogP contribution in [0.3, 0.4) is 0 Å². The number of amides is 1. The Balaban J connectivity index is 1.65. The number of carboxylic acids is 1. The van der Waals surface area contributed by atoms with Crippen LogP contribution < -0.4 is 5.32 Å². The highest BCUT2D eigenvalue weighted by Crippen LogP contribution is 2.30. The molecule has 0 radical (unpaired) electrons. The second-order valence-corrected chi connectivity index (χ2v) is 7.13. The first-order valence-corrected chi connectivity index (χ1v) is 9.52. The number of aliphatic carboxylic acids is 1. The summed E-state index contributed by atoms with van der Waals surface area (Å²) in [5.74, 6) is -0.331. The van der Waals surface area contributed by atoms with Gasteiger partial charge in [-0.05, 0) is 36.6 Å². The molecule has 0 bridgehead atoms. The largest absolute Gasteiger partial charge is 0.481 e. The molecule has 1 aliphatic rings. The first-order valence-electron chi connectivity index (χ1n) is 8.37. The van der Waals surface area contributed by atoms with E-state index in [0.717, 1.165) is 18.4 Å². The lowest BCUT2D eigenvalue weighted by atomic mass is 10.2. The molecule has 25 heavy (non-hydrogen) atoms. The van der Waals surface area contributed by atoms with Crippen molar-refractivity contribution in [1.29, 1.82) is 0 Å². The van der Waals surface area contributed by atoms with Crippen molar-refractivity contribution in [3.8, 4) is 0 Å². The van der Waals surface area contributed by atoms with Crippen molar-refractivity contribution in [2.75, 3.05) is 11.1 Å². The summed E-state index contributed by atoms with van der Waals surface area (Å²) in [5.41, 5.74) is 2.27. The molecule has 1 fully saturated rings. The van der Waals surface area contributed by atoms with Crippen LogP contribution in [-0.2, 0) is 10.5 Å². The van der Waals surface area contributed by atoms with E-state index < -0.39 is 5.97 Å². The fraction of sp³-hybridized carbons (Fsp3) is 0.389. The van der Waals surface area contributed by atoms with Crippen LogP contribution in [-0.4, -0.2) is 32.5 Å². The van der Waals surface area contributed by atoms with Gasteiger partial charge in [0.25, 0.3) is 5.91 Å². The highest BCUT2D eigenvalue weighted by molar-refractivity contribution is 7.99. The highest BCUT2D eigenvalue weighted by atomic mass is 32.2. The first-order chi connectivity index (χ1) is 12.1. The molecule has 6 nitrogen and oxygen atoms in total. The van der Waals surface area contributed by atoms with E-state index in [1.165, 1.54) is 24.6 Å². The van der Waals surface area contributed by atoms with Crippen molar-refractivity contribution in [3.63, 3.8) is 0 Å². The third-order valence-corrected chi connectivity index (χ3v) is 5.24. The second kappa shape index (κ2) is 8.20. The molecule has 0 unspecified atom stereocenters. The topological polar surface area (TPSA) is 84.2 Å². The number of nitrogens with zero attached hydrogens (tertiary/aromatic N) is 2. The standard InChI is InChI=1S/C18H21N3O3S/c22-17(23)12-25-11-13-4-3-5-14(10-13)20-18(24)16-8-9-19-21(16)15-6-1-2-7-15/h3-5,8-10,15H,1-2,6-7,11-12H2,(H,20,24)(H,22,23). The highest BCUT2D eigenvalue weighted by Gasteiger charge is 2.22. The summed E-state index contributed by atoms with van der Waals surface area (Å²) >= 11 is 1.33. The Kier molecular flexibility index (Phi) is 5.75. The van der Waals surface area contributed by atoms with Gasteiger partial charge in [0.05, 0.1) is 11.8 Å². The molecule has 7 heteroatoms. The van der Waals surface area contributed by atoms with Crippen LogP contribution in [0.5, 0.6) is 0 Å². The number of nitrogens with one attached hydrogen (secondary N) is 1. The predicted molar refractivity (Wildman–Crippen MR) is 97.9 cm³/mol. The molecule has 0 saturated heterocycles. The zero-order valence-electron chi connectivity index (χ0n) is 13.9. The van der Waals surface area contributed by atoms with E-state index in [-0.39, 0.29) is 11.7 Å². The molecule has 1 amide bonds. The zero-order valence-corrected chi connectivity index (χ0v) is 14.7. The summed E-state index contributed by atoms with van der Waals surface area (Å²) in [6, 6.07) is 9.56. The van der Waals surface area contributed by atoms with Crippen molar-refractivity contribution in [3.05, 3.63) is 47.8 Å². The summed E-state index contributed by atoms with van der Waals surface area (Å²) in [4.78, 5) is 23.2. The monoisotopic (exact) mass is 359 g/mol. The normalized spacial score (nSPS) is 14.6. The van der Waals surface area contributed by atoms with Gasteiger partial charge in [-0.15, -0.1) is 11.8 Å². The van der Waals surface area contributed by atoms with Gasteiger partial charge >= 0.3 is 5.97 Å². The van der Waals surface area contributed by atoms with Gasteiger partial charge in [-0.3, -0.25) is 14.3 Å². The van der Waals surface area contributed by atoms with E-state index >= 15 is 0 Å². The number of thioether (sulfide) groups is 1. The fourth-order valence-corrected chi connectivity index (χ4v) is 3.82. The molecule has 1 heterocycles. The summed E-state index contributed by atoms with van der Waals surface area (Å²) in [7, 11) is 0. The average Bonchev–Trinajstić information content (AvgIpc) is 3.26. The minimum absolute atomic E-state index is 0.0666. The molecule has 1 aromatic heterocycles. The van der Waals surface area contributed by atoms with E-state index in [9.17, 15) is 9.59 Å². The van der Waals surface area contributed by atoms with Crippen LogP contribution in [0.25, 0.3) is 0 Å². The van der Waals surface area contributed by atoms with Gasteiger partial charge in [0.1, 0.15) is 5.69 Å². The molecule has 0 spiro atoms. The van der Waals surface area contributed by atoms with Crippen molar-refractivity contribution >= 4 is 29.3 Å². The Morgan fingerprint density at radius 2 is 2.08 bits per heavy atom. The maximum absolute atomic E-state index is 12.6. The lowest BCUT2D eigenvalue weighted by molar-refractivity contribution is -0.133. The van der Waals surface area contributed by atoms with Crippen molar-refractivity contribution in [2.24, 2.45) is 0 Å². The van der Waals surface area contributed by atoms with Gasteiger partial charge < -0.3 is 10.4 Å². The molecule has 1 aromatic carbocycles. The Hall–Kier alpha value is -2.28. The van der Waals surface area contributed by atoms with Gasteiger partial charge in [0.2, 0.25) is 0 Å². The van der Waals surface area contributed by atoms with Gasteiger partial charge in [0, 0.05) is 17.6 Å². The van der Waals surface area contributed by atoms with Crippen LogP contribution >= 0.6 is 11.8 Å². The molecule has 1 aliphatic carbocycles. The maximum atomic E-state index is 12.6. The van der Waals surface area contributed by atoms with E-state index in [1.807, 2.05) is 28.9 Å².